The molecule has 256 valence electrons. The normalized spacial score (nSPS) is 23.6. The topological polar surface area (TPSA) is 102 Å². The summed E-state index contributed by atoms with van der Waals surface area (Å²) < 4.78 is 0. The molecule has 2 heterocycles. The van der Waals surface area contributed by atoms with Crippen LogP contribution in [0.25, 0.3) is 0 Å². The molecule has 3 aliphatic rings. The van der Waals surface area contributed by atoms with Gasteiger partial charge < -0.3 is 20.4 Å². The first kappa shape index (κ1) is 37.0. The molecule has 3 rings (SSSR count). The molecular formula is C36H63N5O4. The SMILES string of the molecule is C/C(=C\[C@H](C(C)C)N(C)C(=O)C(NC(=O)C1CCCCN1C(C)C)C(C)(C)C)C(=O)N1CCC[C@H]1C(=O)NCC1CCCCC1. The Kier molecular flexibility index (Phi) is 13.5. The van der Waals surface area contributed by atoms with Gasteiger partial charge in [0.25, 0.3) is 0 Å². The predicted octanol–water partition coefficient (Wildman–Crippen LogP) is 4.90. The van der Waals surface area contributed by atoms with Crippen molar-refractivity contribution in [2.45, 2.75) is 150 Å². The molecule has 45 heavy (non-hydrogen) atoms. The summed E-state index contributed by atoms with van der Waals surface area (Å²) in [5, 5.41) is 6.29. The number of piperidine rings is 1. The molecule has 0 spiro atoms. The van der Waals surface area contributed by atoms with Crippen molar-refractivity contribution in [3.8, 4) is 0 Å². The van der Waals surface area contributed by atoms with E-state index in [2.05, 4.69) is 29.4 Å². The van der Waals surface area contributed by atoms with Crippen LogP contribution in [-0.4, -0.2) is 95.2 Å². The zero-order valence-corrected chi connectivity index (χ0v) is 29.8. The van der Waals surface area contributed by atoms with Crippen molar-refractivity contribution in [1.29, 1.82) is 0 Å². The van der Waals surface area contributed by atoms with E-state index >= 15 is 0 Å². The van der Waals surface area contributed by atoms with Crippen molar-refractivity contribution in [2.75, 3.05) is 26.7 Å². The van der Waals surface area contributed by atoms with Crippen LogP contribution in [0.1, 0.15) is 120 Å². The highest BCUT2D eigenvalue weighted by Crippen LogP contribution is 2.27. The lowest BCUT2D eigenvalue weighted by molar-refractivity contribution is -0.142. The van der Waals surface area contributed by atoms with Gasteiger partial charge in [-0.15, -0.1) is 0 Å². The van der Waals surface area contributed by atoms with E-state index in [1.807, 2.05) is 40.7 Å². The van der Waals surface area contributed by atoms with Gasteiger partial charge in [0.05, 0.1) is 12.1 Å². The second-order valence-electron chi connectivity index (χ2n) is 15.6. The number of likely N-dealkylation sites (N-methyl/N-ethyl adjacent to an activating group) is 1. The molecule has 2 saturated heterocycles. The fourth-order valence-electron chi connectivity index (χ4n) is 7.43. The Morgan fingerprint density at radius 3 is 2.07 bits per heavy atom. The summed E-state index contributed by atoms with van der Waals surface area (Å²) in [6.07, 6.45) is 12.3. The molecule has 1 saturated carbocycles. The highest BCUT2D eigenvalue weighted by molar-refractivity contribution is 5.97. The number of hydrogen-bond donors (Lipinski definition) is 2. The maximum Gasteiger partial charge on any atom is 0.249 e. The van der Waals surface area contributed by atoms with E-state index in [1.165, 1.54) is 19.3 Å². The van der Waals surface area contributed by atoms with E-state index < -0.39 is 17.5 Å². The van der Waals surface area contributed by atoms with E-state index in [-0.39, 0.29) is 47.7 Å². The highest BCUT2D eigenvalue weighted by Gasteiger charge is 2.40. The van der Waals surface area contributed by atoms with Crippen LogP contribution in [0.3, 0.4) is 0 Å². The molecule has 0 radical (unpaired) electrons. The molecule has 2 unspecified atom stereocenters. The number of nitrogens with one attached hydrogen (secondary N) is 2. The molecule has 1 aliphatic carbocycles. The van der Waals surface area contributed by atoms with Crippen LogP contribution in [0, 0.1) is 17.3 Å². The summed E-state index contributed by atoms with van der Waals surface area (Å²) in [5.74, 6) is 0.108. The maximum atomic E-state index is 14.1. The Labute approximate surface area is 273 Å². The smallest absolute Gasteiger partial charge is 0.249 e. The van der Waals surface area contributed by atoms with Crippen LogP contribution in [0.5, 0.6) is 0 Å². The lowest BCUT2D eigenvalue weighted by Crippen LogP contribution is -2.60. The van der Waals surface area contributed by atoms with Crippen LogP contribution >= 0.6 is 0 Å². The molecule has 0 aromatic carbocycles. The van der Waals surface area contributed by atoms with Crippen molar-refractivity contribution in [1.82, 2.24) is 25.3 Å². The average molecular weight is 630 g/mol. The second kappa shape index (κ2) is 16.4. The first-order chi connectivity index (χ1) is 21.1. The van der Waals surface area contributed by atoms with Gasteiger partial charge in [-0.3, -0.25) is 24.1 Å². The number of rotatable bonds is 11. The average Bonchev–Trinajstić information content (AvgIpc) is 3.50. The van der Waals surface area contributed by atoms with Crippen molar-refractivity contribution >= 4 is 23.6 Å². The van der Waals surface area contributed by atoms with Crippen molar-refractivity contribution in [2.24, 2.45) is 17.3 Å². The van der Waals surface area contributed by atoms with E-state index in [9.17, 15) is 19.2 Å². The van der Waals surface area contributed by atoms with Crippen molar-refractivity contribution in [3.05, 3.63) is 11.6 Å². The summed E-state index contributed by atoms with van der Waals surface area (Å²) in [5.41, 5.74) is 0.0220. The quantitative estimate of drug-likeness (QED) is 0.317. The standard InChI is InChI=1S/C36H63N5O4/c1-24(2)30(22-26(5)34(44)41-21-15-19-28(41)32(42)37-23-27-16-11-10-12-17-27)39(9)35(45)31(36(6,7)8)38-33(43)29-18-13-14-20-40(29)25(3)4/h22,24-25,27-31H,10-21,23H2,1-9H3,(H,37,42)(H,38,43)/b26-22+/t28-,29?,30+,31?/m0/s1. The van der Waals surface area contributed by atoms with Crippen LogP contribution in [-0.2, 0) is 19.2 Å². The number of likely N-dealkylation sites (tertiary alicyclic amines) is 2. The Bertz CT molecular complexity index is 1060. The van der Waals surface area contributed by atoms with Gasteiger partial charge in [-0.25, -0.2) is 0 Å². The van der Waals surface area contributed by atoms with E-state index in [1.54, 1.807) is 23.8 Å². The van der Waals surface area contributed by atoms with Crippen LogP contribution in [0.4, 0.5) is 0 Å². The van der Waals surface area contributed by atoms with Gasteiger partial charge in [-0.2, -0.15) is 0 Å². The van der Waals surface area contributed by atoms with Crippen molar-refractivity contribution < 1.29 is 19.2 Å². The van der Waals surface area contributed by atoms with Gasteiger partial charge in [0.2, 0.25) is 23.6 Å². The van der Waals surface area contributed by atoms with Crippen LogP contribution < -0.4 is 10.6 Å². The summed E-state index contributed by atoms with van der Waals surface area (Å²) in [6, 6.07) is -1.51. The lowest BCUT2D eigenvalue weighted by Gasteiger charge is -2.41. The molecule has 3 fully saturated rings. The Balaban J connectivity index is 1.72. The molecule has 2 aliphatic heterocycles. The molecular weight excluding hydrogens is 566 g/mol. The van der Waals surface area contributed by atoms with E-state index in [0.717, 1.165) is 45.1 Å². The van der Waals surface area contributed by atoms with Gasteiger partial charge in [0.1, 0.15) is 12.1 Å². The zero-order chi connectivity index (χ0) is 33.5. The van der Waals surface area contributed by atoms with Crippen LogP contribution in [0.2, 0.25) is 0 Å². The molecule has 0 bridgehead atoms. The second-order valence-corrected chi connectivity index (χ2v) is 15.6. The monoisotopic (exact) mass is 629 g/mol. The van der Waals surface area contributed by atoms with Crippen molar-refractivity contribution in [3.63, 3.8) is 0 Å². The highest BCUT2D eigenvalue weighted by atomic mass is 16.2. The Hall–Kier alpha value is -2.42. The summed E-state index contributed by atoms with van der Waals surface area (Å²) in [6.45, 7) is 18.2. The Morgan fingerprint density at radius 1 is 0.844 bits per heavy atom. The third-order valence-electron chi connectivity index (χ3n) is 10.3. The lowest BCUT2D eigenvalue weighted by atomic mass is 9.84. The van der Waals surface area contributed by atoms with Gasteiger partial charge in [-0.05, 0) is 83.1 Å². The molecule has 2 N–H and O–H groups in total. The third kappa shape index (κ3) is 9.79. The van der Waals surface area contributed by atoms with Gasteiger partial charge in [-0.1, -0.05) is 66.4 Å². The third-order valence-corrected chi connectivity index (χ3v) is 10.3. The fraction of sp³-hybridized carbons (Fsp3) is 0.833. The first-order valence-corrected chi connectivity index (χ1v) is 17.7. The molecule has 4 amide bonds. The zero-order valence-electron chi connectivity index (χ0n) is 29.8. The fourth-order valence-corrected chi connectivity index (χ4v) is 7.43. The first-order valence-electron chi connectivity index (χ1n) is 17.7. The largest absolute Gasteiger partial charge is 0.354 e. The van der Waals surface area contributed by atoms with E-state index in [0.29, 0.717) is 31.0 Å². The Morgan fingerprint density at radius 2 is 1.47 bits per heavy atom. The minimum absolute atomic E-state index is 0.0287. The number of amides is 4. The number of carbonyl (C=O) groups is 4. The summed E-state index contributed by atoms with van der Waals surface area (Å²) >= 11 is 0. The van der Waals surface area contributed by atoms with E-state index in [4.69, 9.17) is 0 Å². The van der Waals surface area contributed by atoms with Gasteiger partial charge in [0, 0.05) is 31.8 Å². The number of nitrogens with zero attached hydrogens (tertiary/aromatic N) is 3. The molecule has 9 heteroatoms. The predicted molar refractivity (Wildman–Crippen MR) is 180 cm³/mol. The number of hydrogen-bond acceptors (Lipinski definition) is 5. The molecule has 0 aromatic rings. The maximum absolute atomic E-state index is 14.1. The molecule has 9 nitrogen and oxygen atoms in total. The summed E-state index contributed by atoms with van der Waals surface area (Å²) in [7, 11) is 1.77. The number of carbonyl (C=O) groups excluding carboxylic acids is 4. The van der Waals surface area contributed by atoms with Gasteiger partial charge >= 0.3 is 0 Å². The van der Waals surface area contributed by atoms with Gasteiger partial charge in [0.15, 0.2) is 0 Å². The summed E-state index contributed by atoms with van der Waals surface area (Å²) in [4.78, 5) is 60.3. The minimum Gasteiger partial charge on any atom is -0.354 e. The molecule has 0 aromatic heterocycles. The molecule has 4 atom stereocenters. The van der Waals surface area contributed by atoms with Crippen LogP contribution in [0.15, 0.2) is 11.6 Å². The minimum atomic E-state index is -0.715.